The maximum Gasteiger partial charge on any atom is 0.259 e. The van der Waals surface area contributed by atoms with Gasteiger partial charge in [-0.2, -0.15) is 0 Å². The molecule has 0 saturated carbocycles. The van der Waals surface area contributed by atoms with E-state index in [1.807, 2.05) is 30.5 Å². The zero-order valence-electron chi connectivity index (χ0n) is 15.4. The molecule has 0 spiro atoms. The molecule has 2 aromatic heterocycles. The molecule has 0 bridgehead atoms. The highest BCUT2D eigenvalue weighted by atomic mass is 32.1. The van der Waals surface area contributed by atoms with Crippen LogP contribution < -0.4 is 5.56 Å². The van der Waals surface area contributed by atoms with Gasteiger partial charge < -0.3 is 5.11 Å². The van der Waals surface area contributed by atoms with Gasteiger partial charge >= 0.3 is 0 Å². The average Bonchev–Trinajstić information content (AvgIpc) is 2.97. The second-order valence-corrected chi connectivity index (χ2v) is 7.80. The average molecular weight is 372 g/mol. The number of hydrogen-bond donors (Lipinski definition) is 1. The predicted molar refractivity (Wildman–Crippen MR) is 105 cm³/mol. The Hall–Kier alpha value is -2.02. The van der Waals surface area contributed by atoms with Crippen LogP contribution in [0.5, 0.6) is 0 Å². The van der Waals surface area contributed by atoms with E-state index in [0.29, 0.717) is 13.1 Å². The van der Waals surface area contributed by atoms with Crippen molar-refractivity contribution in [1.29, 1.82) is 0 Å². The number of aryl methyl sites for hydroxylation is 1. The number of fused-ring (bicyclic) bond motifs is 1. The molecule has 26 heavy (non-hydrogen) atoms. The van der Waals surface area contributed by atoms with Crippen molar-refractivity contribution in [3.63, 3.8) is 0 Å². The SMILES string of the molecule is Cc1csc2nc(CN(Cc3ccccc3)C(CO)C(C)C)cc(=O)n12. The highest BCUT2D eigenvalue weighted by Gasteiger charge is 2.22. The summed E-state index contributed by atoms with van der Waals surface area (Å²) in [6.07, 6.45) is 0. The van der Waals surface area contributed by atoms with Crippen molar-refractivity contribution in [2.24, 2.45) is 5.92 Å². The number of thiazole rings is 1. The van der Waals surface area contributed by atoms with Gasteiger partial charge in [0.2, 0.25) is 0 Å². The molecule has 0 aliphatic heterocycles. The monoisotopic (exact) mass is 371 g/mol. The van der Waals surface area contributed by atoms with Crippen molar-refractivity contribution in [2.45, 2.75) is 39.9 Å². The van der Waals surface area contributed by atoms with E-state index in [2.05, 4.69) is 35.9 Å². The summed E-state index contributed by atoms with van der Waals surface area (Å²) in [7, 11) is 0. The number of benzene rings is 1. The van der Waals surface area contributed by atoms with Crippen LogP contribution in [-0.2, 0) is 13.1 Å². The Morgan fingerprint density at radius 1 is 1.23 bits per heavy atom. The van der Waals surface area contributed by atoms with E-state index in [4.69, 9.17) is 0 Å². The van der Waals surface area contributed by atoms with E-state index in [1.54, 1.807) is 10.5 Å². The highest BCUT2D eigenvalue weighted by molar-refractivity contribution is 7.15. The molecule has 5 nitrogen and oxygen atoms in total. The van der Waals surface area contributed by atoms with Crippen molar-refractivity contribution < 1.29 is 5.11 Å². The predicted octanol–water partition coefficient (Wildman–Crippen LogP) is 3.08. The van der Waals surface area contributed by atoms with Crippen LogP contribution in [0, 0.1) is 12.8 Å². The quantitative estimate of drug-likeness (QED) is 0.693. The largest absolute Gasteiger partial charge is 0.395 e. The fraction of sp³-hybridized carbons (Fsp3) is 0.400. The lowest BCUT2D eigenvalue weighted by Crippen LogP contribution is -2.41. The Kier molecular flexibility index (Phi) is 5.86. The Labute approximate surface area is 157 Å². The Morgan fingerprint density at radius 2 is 1.96 bits per heavy atom. The van der Waals surface area contributed by atoms with Crippen LogP contribution in [0.15, 0.2) is 46.6 Å². The summed E-state index contributed by atoms with van der Waals surface area (Å²) in [5.41, 5.74) is 2.78. The Bertz CT molecular complexity index is 918. The lowest BCUT2D eigenvalue weighted by molar-refractivity contribution is 0.0774. The molecule has 1 unspecified atom stereocenters. The minimum Gasteiger partial charge on any atom is -0.395 e. The van der Waals surface area contributed by atoms with Crippen molar-refractivity contribution in [1.82, 2.24) is 14.3 Å². The molecule has 0 radical (unpaired) electrons. The standard InChI is InChI=1S/C20H25N3O2S/c1-14(2)18(12-24)22(10-16-7-5-4-6-8-16)11-17-9-19(25)23-15(3)13-26-20(23)21-17/h4-9,13-14,18,24H,10-12H2,1-3H3. The van der Waals surface area contributed by atoms with Gasteiger partial charge in [0.25, 0.3) is 5.56 Å². The molecule has 0 saturated heterocycles. The van der Waals surface area contributed by atoms with Gasteiger partial charge in [-0.1, -0.05) is 44.2 Å². The summed E-state index contributed by atoms with van der Waals surface area (Å²) in [5.74, 6) is 0.289. The minimum atomic E-state index is -0.0477. The van der Waals surface area contributed by atoms with Crippen molar-refractivity contribution in [3.05, 3.63) is 69.1 Å². The molecule has 3 rings (SSSR count). The van der Waals surface area contributed by atoms with Gasteiger partial charge in [0.1, 0.15) is 0 Å². The first-order valence-corrected chi connectivity index (χ1v) is 9.73. The van der Waals surface area contributed by atoms with E-state index in [-0.39, 0.29) is 24.1 Å². The molecular formula is C20H25N3O2S. The molecular weight excluding hydrogens is 346 g/mol. The maximum atomic E-state index is 12.5. The fourth-order valence-corrected chi connectivity index (χ4v) is 4.14. The number of nitrogens with zero attached hydrogens (tertiary/aromatic N) is 3. The number of rotatable bonds is 7. The van der Waals surface area contributed by atoms with Crippen molar-refractivity contribution >= 4 is 16.3 Å². The van der Waals surface area contributed by atoms with Crippen LogP contribution in [0.25, 0.3) is 4.96 Å². The summed E-state index contributed by atoms with van der Waals surface area (Å²) in [6, 6.07) is 11.8. The van der Waals surface area contributed by atoms with Gasteiger partial charge in [-0.25, -0.2) is 4.98 Å². The van der Waals surface area contributed by atoms with E-state index in [0.717, 1.165) is 16.3 Å². The first-order valence-electron chi connectivity index (χ1n) is 8.85. The molecule has 1 N–H and O–H groups in total. The second-order valence-electron chi connectivity index (χ2n) is 6.97. The maximum absolute atomic E-state index is 12.5. The van der Waals surface area contributed by atoms with E-state index >= 15 is 0 Å². The molecule has 1 atom stereocenters. The lowest BCUT2D eigenvalue weighted by atomic mass is 10.0. The zero-order chi connectivity index (χ0) is 18.7. The van der Waals surface area contributed by atoms with Gasteiger partial charge in [-0.15, -0.1) is 11.3 Å². The van der Waals surface area contributed by atoms with Gasteiger partial charge in [-0.05, 0) is 18.4 Å². The summed E-state index contributed by atoms with van der Waals surface area (Å²) in [4.78, 5) is 20.1. The summed E-state index contributed by atoms with van der Waals surface area (Å²) in [5, 5.41) is 11.9. The third-order valence-corrected chi connectivity index (χ3v) is 5.59. The van der Waals surface area contributed by atoms with Crippen molar-refractivity contribution in [3.8, 4) is 0 Å². The molecule has 0 aliphatic carbocycles. The number of aliphatic hydroxyl groups is 1. The first kappa shape index (κ1) is 18.8. The van der Waals surface area contributed by atoms with Crippen LogP contribution in [0.1, 0.15) is 30.8 Å². The van der Waals surface area contributed by atoms with E-state index < -0.39 is 0 Å². The Balaban J connectivity index is 1.93. The number of aromatic nitrogens is 2. The summed E-state index contributed by atoms with van der Waals surface area (Å²) in [6.45, 7) is 7.42. The van der Waals surface area contributed by atoms with Crippen molar-refractivity contribution in [2.75, 3.05) is 6.61 Å². The second kappa shape index (κ2) is 8.12. The lowest BCUT2D eigenvalue weighted by Gasteiger charge is -2.33. The fourth-order valence-electron chi connectivity index (χ4n) is 3.25. The van der Waals surface area contributed by atoms with Gasteiger partial charge in [0.15, 0.2) is 4.96 Å². The summed E-state index contributed by atoms with van der Waals surface area (Å²) < 4.78 is 1.64. The third kappa shape index (κ3) is 4.03. The number of hydrogen-bond acceptors (Lipinski definition) is 5. The van der Waals surface area contributed by atoms with Gasteiger partial charge in [-0.3, -0.25) is 14.1 Å². The van der Waals surface area contributed by atoms with Gasteiger partial charge in [0.05, 0.1) is 12.3 Å². The Morgan fingerprint density at radius 3 is 2.62 bits per heavy atom. The molecule has 6 heteroatoms. The summed E-state index contributed by atoms with van der Waals surface area (Å²) >= 11 is 1.48. The molecule has 1 aromatic carbocycles. The van der Waals surface area contributed by atoms with Crippen LogP contribution >= 0.6 is 11.3 Å². The molecule has 2 heterocycles. The van der Waals surface area contributed by atoms with Crippen LogP contribution in [0.3, 0.4) is 0 Å². The molecule has 0 aliphatic rings. The van der Waals surface area contributed by atoms with E-state index in [1.165, 1.54) is 16.9 Å². The van der Waals surface area contributed by atoms with Crippen LogP contribution in [0.4, 0.5) is 0 Å². The molecule has 138 valence electrons. The first-order chi connectivity index (χ1) is 12.5. The smallest absolute Gasteiger partial charge is 0.259 e. The van der Waals surface area contributed by atoms with Gasteiger partial charge in [0, 0.05) is 36.3 Å². The highest BCUT2D eigenvalue weighted by Crippen LogP contribution is 2.18. The normalized spacial score (nSPS) is 13.0. The molecule has 0 amide bonds. The van der Waals surface area contributed by atoms with E-state index in [9.17, 15) is 9.90 Å². The minimum absolute atomic E-state index is 0.000491. The third-order valence-electron chi connectivity index (χ3n) is 4.65. The van der Waals surface area contributed by atoms with Crippen LogP contribution in [0.2, 0.25) is 0 Å². The van der Waals surface area contributed by atoms with Crippen LogP contribution in [-0.4, -0.2) is 32.0 Å². The topological polar surface area (TPSA) is 57.8 Å². The zero-order valence-corrected chi connectivity index (χ0v) is 16.2. The molecule has 0 fully saturated rings. The molecule has 3 aromatic rings. The number of aliphatic hydroxyl groups excluding tert-OH is 1.